The normalized spacial score (nSPS) is 14.9. The summed E-state index contributed by atoms with van der Waals surface area (Å²) in [6, 6.07) is 5.35. The largest absolute Gasteiger partial charge is 0.481 e. The van der Waals surface area contributed by atoms with Gasteiger partial charge in [0.25, 0.3) is 5.91 Å². The number of thiazole rings is 1. The third-order valence-electron chi connectivity index (χ3n) is 3.89. The Hall–Kier alpha value is -1.59. The fraction of sp³-hybridized carbons (Fsp3) is 0.412. The molecule has 1 unspecified atom stereocenters. The highest BCUT2D eigenvalue weighted by Gasteiger charge is 2.20. The number of hydrogen-bond donors (Lipinski definition) is 1. The van der Waals surface area contributed by atoms with Gasteiger partial charge in [0.1, 0.15) is 5.75 Å². The van der Waals surface area contributed by atoms with Crippen LogP contribution in [0.5, 0.6) is 5.75 Å². The summed E-state index contributed by atoms with van der Waals surface area (Å²) < 4.78 is 5.74. The molecule has 1 amide bonds. The highest BCUT2D eigenvalue weighted by Crippen LogP contribution is 2.30. The molecular weight excluding hydrogens is 332 g/mol. The van der Waals surface area contributed by atoms with Gasteiger partial charge in [0, 0.05) is 9.90 Å². The summed E-state index contributed by atoms with van der Waals surface area (Å²) in [4.78, 5) is 18.1. The van der Waals surface area contributed by atoms with Crippen molar-refractivity contribution in [3.05, 3.63) is 39.4 Å². The zero-order valence-electron chi connectivity index (χ0n) is 13.2. The number of nitrogens with zero attached hydrogens (tertiary/aromatic N) is 1. The van der Waals surface area contributed by atoms with E-state index in [1.54, 1.807) is 30.4 Å². The van der Waals surface area contributed by atoms with Gasteiger partial charge in [-0.2, -0.15) is 0 Å². The van der Waals surface area contributed by atoms with E-state index in [0.29, 0.717) is 15.9 Å². The molecule has 6 heteroatoms. The molecule has 4 nitrogen and oxygen atoms in total. The number of hydrogen-bond acceptors (Lipinski definition) is 4. The van der Waals surface area contributed by atoms with E-state index >= 15 is 0 Å². The van der Waals surface area contributed by atoms with Crippen LogP contribution in [0.15, 0.2) is 18.2 Å². The molecular formula is C17H19ClN2O2S. The molecule has 0 radical (unpaired) electrons. The molecule has 3 rings (SSSR count). The highest BCUT2D eigenvalue weighted by molar-refractivity contribution is 7.15. The molecule has 1 aromatic carbocycles. The van der Waals surface area contributed by atoms with E-state index in [4.69, 9.17) is 16.3 Å². The average molecular weight is 351 g/mol. The minimum absolute atomic E-state index is 0.189. The quantitative estimate of drug-likeness (QED) is 0.889. The lowest BCUT2D eigenvalue weighted by atomic mass is 10.0. The average Bonchev–Trinajstić information content (AvgIpc) is 2.92. The molecule has 1 aliphatic carbocycles. The number of fused-ring (bicyclic) bond motifs is 1. The maximum absolute atomic E-state index is 12.3. The number of rotatable bonds is 4. The number of halogens is 1. The van der Waals surface area contributed by atoms with Crippen molar-refractivity contribution in [1.82, 2.24) is 4.98 Å². The van der Waals surface area contributed by atoms with Crippen molar-refractivity contribution in [2.24, 2.45) is 0 Å². The molecule has 0 bridgehead atoms. The van der Waals surface area contributed by atoms with Gasteiger partial charge in [-0.25, -0.2) is 4.98 Å². The standard InChI is InChI=1S/C17H19ClN2O2S/c1-10-9-12(18)7-8-14(10)22-11(2)16(21)20-17-19-13-5-3-4-6-15(13)23-17/h7-9,11H,3-6H2,1-2H3,(H,19,20,21). The first-order valence-electron chi connectivity index (χ1n) is 7.75. The molecule has 0 fully saturated rings. The Balaban J connectivity index is 1.64. The minimum Gasteiger partial charge on any atom is -0.481 e. The van der Waals surface area contributed by atoms with Crippen LogP contribution in [0, 0.1) is 6.92 Å². The van der Waals surface area contributed by atoms with Crippen molar-refractivity contribution in [2.75, 3.05) is 5.32 Å². The summed E-state index contributed by atoms with van der Waals surface area (Å²) in [5, 5.41) is 4.19. The second-order valence-electron chi connectivity index (χ2n) is 5.76. The molecule has 1 atom stereocenters. The lowest BCUT2D eigenvalue weighted by Gasteiger charge is -2.15. The maximum atomic E-state index is 12.3. The molecule has 122 valence electrons. The van der Waals surface area contributed by atoms with Crippen molar-refractivity contribution < 1.29 is 9.53 Å². The van der Waals surface area contributed by atoms with Gasteiger partial charge in [-0.1, -0.05) is 11.6 Å². The number of benzene rings is 1. The van der Waals surface area contributed by atoms with Crippen LogP contribution < -0.4 is 10.1 Å². The Bertz CT molecular complexity index is 706. The van der Waals surface area contributed by atoms with Crippen molar-refractivity contribution in [3.8, 4) is 5.75 Å². The lowest BCUT2D eigenvalue weighted by molar-refractivity contribution is -0.122. The summed E-state index contributed by atoms with van der Waals surface area (Å²) in [6.45, 7) is 3.64. The molecule has 2 aromatic rings. The molecule has 0 aliphatic heterocycles. The van der Waals surface area contributed by atoms with Gasteiger partial charge in [-0.15, -0.1) is 11.3 Å². The number of carbonyl (C=O) groups excluding carboxylic acids is 1. The molecule has 1 aromatic heterocycles. The maximum Gasteiger partial charge on any atom is 0.266 e. The summed E-state index contributed by atoms with van der Waals surface area (Å²) in [5.74, 6) is 0.473. The topological polar surface area (TPSA) is 51.2 Å². The van der Waals surface area contributed by atoms with Gasteiger partial charge >= 0.3 is 0 Å². The first-order chi connectivity index (χ1) is 11.0. The van der Waals surface area contributed by atoms with E-state index < -0.39 is 6.10 Å². The van der Waals surface area contributed by atoms with Gasteiger partial charge in [0.2, 0.25) is 0 Å². The molecule has 23 heavy (non-hydrogen) atoms. The Labute approximate surface area is 144 Å². The SMILES string of the molecule is Cc1cc(Cl)ccc1OC(C)C(=O)Nc1nc2c(s1)CCCC2. The predicted octanol–water partition coefficient (Wildman–Crippen LogP) is 4.39. The second kappa shape index (κ2) is 6.89. The Morgan fingerprint density at radius 3 is 2.91 bits per heavy atom. The fourth-order valence-corrected chi connectivity index (χ4v) is 3.88. The predicted molar refractivity (Wildman–Crippen MR) is 93.7 cm³/mol. The van der Waals surface area contributed by atoms with Gasteiger partial charge in [0.05, 0.1) is 5.69 Å². The van der Waals surface area contributed by atoms with Crippen LogP contribution in [0.3, 0.4) is 0 Å². The lowest BCUT2D eigenvalue weighted by Crippen LogP contribution is -2.30. The molecule has 0 saturated carbocycles. The smallest absolute Gasteiger partial charge is 0.266 e. The van der Waals surface area contributed by atoms with Gasteiger partial charge in [0.15, 0.2) is 11.2 Å². The molecule has 1 heterocycles. The minimum atomic E-state index is -0.601. The molecule has 0 spiro atoms. The molecule has 1 N–H and O–H groups in total. The third-order valence-corrected chi connectivity index (χ3v) is 5.19. The summed E-state index contributed by atoms with van der Waals surface area (Å²) in [7, 11) is 0. The summed E-state index contributed by atoms with van der Waals surface area (Å²) >= 11 is 7.51. The van der Waals surface area contributed by atoms with Crippen LogP contribution in [0.2, 0.25) is 5.02 Å². The number of anilines is 1. The van der Waals surface area contributed by atoms with Crippen molar-refractivity contribution in [2.45, 2.75) is 45.6 Å². The number of amides is 1. The van der Waals surface area contributed by atoms with E-state index in [-0.39, 0.29) is 5.91 Å². The van der Waals surface area contributed by atoms with Crippen LogP contribution in [0.1, 0.15) is 35.9 Å². The van der Waals surface area contributed by atoms with Gasteiger partial charge in [-0.3, -0.25) is 10.1 Å². The first-order valence-corrected chi connectivity index (χ1v) is 8.94. The fourth-order valence-electron chi connectivity index (χ4n) is 2.60. The van der Waals surface area contributed by atoms with Gasteiger partial charge < -0.3 is 4.74 Å². The van der Waals surface area contributed by atoms with Crippen LogP contribution >= 0.6 is 22.9 Å². The van der Waals surface area contributed by atoms with Crippen molar-refractivity contribution in [3.63, 3.8) is 0 Å². The van der Waals surface area contributed by atoms with E-state index in [0.717, 1.165) is 24.1 Å². The number of aromatic nitrogens is 1. The molecule has 1 aliphatic rings. The first kappa shape index (κ1) is 16.3. The Morgan fingerprint density at radius 2 is 2.17 bits per heavy atom. The third kappa shape index (κ3) is 3.85. The van der Waals surface area contributed by atoms with E-state index in [1.807, 2.05) is 13.0 Å². The number of aryl methyl sites for hydroxylation is 3. The monoisotopic (exact) mass is 350 g/mol. The van der Waals surface area contributed by atoms with E-state index in [2.05, 4.69) is 10.3 Å². The summed E-state index contributed by atoms with van der Waals surface area (Å²) in [6.07, 6.45) is 3.87. The zero-order chi connectivity index (χ0) is 16.4. The second-order valence-corrected chi connectivity index (χ2v) is 7.28. The Kier molecular flexibility index (Phi) is 4.87. The van der Waals surface area contributed by atoms with Gasteiger partial charge in [-0.05, 0) is 63.3 Å². The van der Waals surface area contributed by atoms with Crippen LogP contribution in [-0.4, -0.2) is 17.0 Å². The van der Waals surface area contributed by atoms with E-state index in [9.17, 15) is 4.79 Å². The van der Waals surface area contributed by atoms with E-state index in [1.165, 1.54) is 17.7 Å². The van der Waals surface area contributed by atoms with Crippen LogP contribution in [0.4, 0.5) is 5.13 Å². The van der Waals surface area contributed by atoms with Crippen LogP contribution in [0.25, 0.3) is 0 Å². The molecule has 0 saturated heterocycles. The number of ether oxygens (including phenoxy) is 1. The highest BCUT2D eigenvalue weighted by atomic mass is 35.5. The zero-order valence-corrected chi connectivity index (χ0v) is 14.8. The number of nitrogens with one attached hydrogen (secondary N) is 1. The Morgan fingerprint density at radius 1 is 1.39 bits per heavy atom. The van der Waals surface area contributed by atoms with Crippen molar-refractivity contribution >= 4 is 34.0 Å². The summed E-state index contributed by atoms with van der Waals surface area (Å²) in [5.41, 5.74) is 2.04. The van der Waals surface area contributed by atoms with Crippen molar-refractivity contribution in [1.29, 1.82) is 0 Å². The van der Waals surface area contributed by atoms with Crippen LogP contribution in [-0.2, 0) is 17.6 Å². The number of carbonyl (C=O) groups is 1.